The molecule has 0 aromatic carbocycles. The van der Waals surface area contributed by atoms with E-state index in [1.807, 2.05) is 25.1 Å². The molecule has 0 fully saturated rings. The summed E-state index contributed by atoms with van der Waals surface area (Å²) in [5, 5.41) is 5.45. The number of carbonyl (C=O) groups is 1. The summed E-state index contributed by atoms with van der Waals surface area (Å²) < 4.78 is 0. The van der Waals surface area contributed by atoms with Gasteiger partial charge in [0.05, 0.1) is 6.04 Å². The molecule has 3 nitrogen and oxygen atoms in total. The lowest BCUT2D eigenvalue weighted by molar-refractivity contribution is -0.116. The molecule has 0 saturated heterocycles. The summed E-state index contributed by atoms with van der Waals surface area (Å²) >= 11 is 1.52. The predicted octanol–water partition coefficient (Wildman–Crippen LogP) is 1.26. The van der Waals surface area contributed by atoms with Crippen molar-refractivity contribution in [3.05, 3.63) is 16.1 Å². The van der Waals surface area contributed by atoms with Crippen molar-refractivity contribution >= 4 is 17.2 Å². The third-order valence-corrected chi connectivity index (χ3v) is 2.63. The lowest BCUT2D eigenvalue weighted by Crippen LogP contribution is -2.24. The molecule has 68 valence electrons. The largest absolute Gasteiger partial charge is 0.336 e. The molecule has 0 spiro atoms. The molecule has 1 heterocycles. The van der Waals surface area contributed by atoms with E-state index in [2.05, 4.69) is 10.3 Å². The Morgan fingerprint density at radius 3 is 3.00 bits per heavy atom. The molecule has 0 bridgehead atoms. The minimum absolute atomic E-state index is 0.109. The Hall–Kier alpha value is -1.34. The van der Waals surface area contributed by atoms with Crippen molar-refractivity contribution in [1.29, 1.82) is 0 Å². The van der Waals surface area contributed by atoms with Gasteiger partial charge in [-0.1, -0.05) is 0 Å². The first-order valence-corrected chi connectivity index (χ1v) is 4.70. The van der Waals surface area contributed by atoms with Gasteiger partial charge >= 0.3 is 0 Å². The van der Waals surface area contributed by atoms with Crippen LogP contribution in [0.5, 0.6) is 0 Å². The Morgan fingerprint density at radius 1 is 1.85 bits per heavy atom. The molecule has 4 heteroatoms. The molecule has 0 radical (unpaired) electrons. The zero-order chi connectivity index (χ0) is 9.84. The van der Waals surface area contributed by atoms with Crippen LogP contribution in [0.25, 0.3) is 0 Å². The van der Waals surface area contributed by atoms with Gasteiger partial charge in [-0.25, -0.2) is 4.98 Å². The van der Waals surface area contributed by atoms with Crippen LogP contribution in [0.3, 0.4) is 0 Å². The molecular weight excluding hydrogens is 184 g/mol. The zero-order valence-corrected chi connectivity index (χ0v) is 8.31. The second-order valence-electron chi connectivity index (χ2n) is 2.67. The Bertz CT molecular complexity index is 351. The van der Waals surface area contributed by atoms with E-state index in [4.69, 9.17) is 6.42 Å². The number of thiazole rings is 1. The number of nitrogens with zero attached hydrogens (tertiary/aromatic N) is 1. The van der Waals surface area contributed by atoms with Crippen LogP contribution < -0.4 is 5.32 Å². The Kier molecular flexibility index (Phi) is 3.04. The summed E-state index contributed by atoms with van der Waals surface area (Å²) in [6.45, 7) is 3.77. The molecule has 1 atom stereocenters. The van der Waals surface area contributed by atoms with Crippen LogP contribution in [0.15, 0.2) is 5.38 Å². The number of aromatic nitrogens is 1. The molecule has 1 amide bonds. The van der Waals surface area contributed by atoms with Gasteiger partial charge in [0.1, 0.15) is 5.01 Å². The van der Waals surface area contributed by atoms with Crippen LogP contribution in [0.2, 0.25) is 0 Å². The van der Waals surface area contributed by atoms with Gasteiger partial charge in [-0.3, -0.25) is 4.79 Å². The van der Waals surface area contributed by atoms with Crippen LogP contribution in [0.1, 0.15) is 23.7 Å². The monoisotopic (exact) mass is 194 g/mol. The molecular formula is C9H10N2OS. The van der Waals surface area contributed by atoms with Crippen molar-refractivity contribution in [2.24, 2.45) is 0 Å². The minimum Gasteiger partial charge on any atom is -0.336 e. The molecule has 1 aromatic rings. The highest BCUT2D eigenvalue weighted by molar-refractivity contribution is 7.09. The molecule has 1 aromatic heterocycles. The number of aryl methyl sites for hydroxylation is 1. The predicted molar refractivity (Wildman–Crippen MR) is 52.2 cm³/mol. The Labute approximate surface area is 81.2 Å². The Morgan fingerprint density at radius 2 is 2.54 bits per heavy atom. The van der Waals surface area contributed by atoms with Gasteiger partial charge in [-0.2, -0.15) is 0 Å². The molecule has 0 aliphatic heterocycles. The molecule has 0 saturated carbocycles. The van der Waals surface area contributed by atoms with Crippen molar-refractivity contribution in [3.63, 3.8) is 0 Å². The lowest BCUT2D eigenvalue weighted by atomic mass is 10.3. The van der Waals surface area contributed by atoms with Crippen LogP contribution in [-0.4, -0.2) is 10.9 Å². The first-order valence-electron chi connectivity index (χ1n) is 3.82. The average molecular weight is 194 g/mol. The first kappa shape index (κ1) is 9.75. The fourth-order valence-electron chi connectivity index (χ4n) is 0.871. The highest BCUT2D eigenvalue weighted by atomic mass is 32.1. The minimum atomic E-state index is -0.402. The lowest BCUT2D eigenvalue weighted by Gasteiger charge is -2.07. The van der Waals surface area contributed by atoms with E-state index in [0.717, 1.165) is 10.7 Å². The van der Waals surface area contributed by atoms with Gasteiger partial charge in [0.25, 0.3) is 5.91 Å². The maximum absolute atomic E-state index is 10.8. The number of terminal acetylenes is 1. The summed E-state index contributed by atoms with van der Waals surface area (Å²) in [7, 11) is 0. The van der Waals surface area contributed by atoms with E-state index < -0.39 is 5.91 Å². The summed E-state index contributed by atoms with van der Waals surface area (Å²) in [5.41, 5.74) is 0.960. The van der Waals surface area contributed by atoms with E-state index in [9.17, 15) is 4.79 Å². The second-order valence-corrected chi connectivity index (χ2v) is 3.56. The van der Waals surface area contributed by atoms with Crippen molar-refractivity contribution < 1.29 is 4.79 Å². The fourth-order valence-corrected chi connectivity index (χ4v) is 1.67. The van der Waals surface area contributed by atoms with E-state index in [0.29, 0.717) is 0 Å². The van der Waals surface area contributed by atoms with Crippen LogP contribution in [-0.2, 0) is 4.79 Å². The maximum Gasteiger partial charge on any atom is 0.296 e. The summed E-state index contributed by atoms with van der Waals surface area (Å²) in [5.74, 6) is 1.60. The smallest absolute Gasteiger partial charge is 0.296 e. The van der Waals surface area contributed by atoms with Crippen LogP contribution in [0.4, 0.5) is 0 Å². The molecule has 1 rings (SSSR count). The fraction of sp³-hybridized carbons (Fsp3) is 0.333. The highest BCUT2D eigenvalue weighted by Gasteiger charge is 2.10. The van der Waals surface area contributed by atoms with E-state index in [-0.39, 0.29) is 6.04 Å². The van der Waals surface area contributed by atoms with E-state index in [1.54, 1.807) is 0 Å². The topological polar surface area (TPSA) is 42.0 Å². The molecule has 1 N–H and O–H groups in total. The van der Waals surface area contributed by atoms with E-state index >= 15 is 0 Å². The SMILES string of the molecule is C#CC(=O)NC(C)c1nc(C)cs1. The molecule has 1 unspecified atom stereocenters. The first-order chi connectivity index (χ1) is 6.13. The van der Waals surface area contributed by atoms with Gasteiger partial charge in [0.2, 0.25) is 0 Å². The number of nitrogens with one attached hydrogen (secondary N) is 1. The number of rotatable bonds is 2. The highest BCUT2D eigenvalue weighted by Crippen LogP contribution is 2.16. The Balaban J connectivity index is 2.64. The van der Waals surface area contributed by atoms with Crippen molar-refractivity contribution in [2.45, 2.75) is 19.9 Å². The van der Waals surface area contributed by atoms with Crippen LogP contribution in [0, 0.1) is 19.3 Å². The van der Waals surface area contributed by atoms with Gasteiger partial charge in [-0.05, 0) is 19.8 Å². The average Bonchev–Trinajstić information content (AvgIpc) is 2.51. The molecule has 0 aliphatic carbocycles. The van der Waals surface area contributed by atoms with Gasteiger partial charge in [0, 0.05) is 11.1 Å². The van der Waals surface area contributed by atoms with Crippen LogP contribution >= 0.6 is 11.3 Å². The third-order valence-electron chi connectivity index (χ3n) is 1.49. The summed E-state index contributed by atoms with van der Waals surface area (Å²) in [4.78, 5) is 15.1. The molecule has 13 heavy (non-hydrogen) atoms. The number of amides is 1. The standard InChI is InChI=1S/C9H10N2OS/c1-4-8(12)11-7(3)9-10-6(2)5-13-9/h1,5,7H,2-3H3,(H,11,12). The second kappa shape index (κ2) is 4.06. The van der Waals surface area contributed by atoms with Gasteiger partial charge < -0.3 is 5.32 Å². The quantitative estimate of drug-likeness (QED) is 0.720. The number of carbonyl (C=O) groups excluding carboxylic acids is 1. The number of hydrogen-bond acceptors (Lipinski definition) is 3. The summed E-state index contributed by atoms with van der Waals surface area (Å²) in [6.07, 6.45) is 4.92. The van der Waals surface area contributed by atoms with Crippen molar-refractivity contribution in [3.8, 4) is 12.3 Å². The van der Waals surface area contributed by atoms with Gasteiger partial charge in [0.15, 0.2) is 0 Å². The van der Waals surface area contributed by atoms with E-state index in [1.165, 1.54) is 11.3 Å². The molecule has 0 aliphatic rings. The zero-order valence-electron chi connectivity index (χ0n) is 7.50. The van der Waals surface area contributed by atoms with Crippen molar-refractivity contribution in [2.75, 3.05) is 0 Å². The third kappa shape index (κ3) is 2.56. The van der Waals surface area contributed by atoms with Gasteiger partial charge in [-0.15, -0.1) is 17.8 Å². The number of hydrogen-bond donors (Lipinski definition) is 1. The maximum atomic E-state index is 10.8. The van der Waals surface area contributed by atoms with Crippen molar-refractivity contribution in [1.82, 2.24) is 10.3 Å². The normalized spacial score (nSPS) is 11.8. The summed E-state index contributed by atoms with van der Waals surface area (Å²) in [6, 6.07) is -0.109.